The summed E-state index contributed by atoms with van der Waals surface area (Å²) in [7, 11) is 0. The molecule has 5 heteroatoms. The largest absolute Gasteiger partial charge is 0.432 e. The van der Waals surface area contributed by atoms with Crippen LogP contribution in [0.4, 0.5) is 0 Å². The Kier molecular flexibility index (Phi) is 5.68. The van der Waals surface area contributed by atoms with E-state index in [1.807, 2.05) is 30.3 Å². The average molecular weight is 331 g/mol. The van der Waals surface area contributed by atoms with Gasteiger partial charge in [-0.05, 0) is 37.1 Å². The summed E-state index contributed by atoms with van der Waals surface area (Å²) in [6, 6.07) is 9.28. The highest BCUT2D eigenvalue weighted by atomic mass is 16.4. The number of Topliss-reactive ketones (excluding diaryl/α,β-unsaturated/α-hetero) is 1. The van der Waals surface area contributed by atoms with Crippen molar-refractivity contribution in [1.29, 1.82) is 0 Å². The zero-order valence-corrected chi connectivity index (χ0v) is 13.7. The highest BCUT2D eigenvalue weighted by Crippen LogP contribution is 2.18. The van der Waals surface area contributed by atoms with Crippen molar-refractivity contribution >= 4 is 5.78 Å². The number of ketones is 1. The molecule has 0 spiro atoms. The summed E-state index contributed by atoms with van der Waals surface area (Å²) >= 11 is 0. The minimum Gasteiger partial charge on any atom is -0.432 e. The molecule has 5 nitrogen and oxygen atoms in total. The molecule has 0 aliphatic rings. The topological polar surface area (TPSA) is 68.9 Å². The number of unbranched alkanes of at least 4 members (excludes halogenated alkanes) is 2. The molecular formula is C20H17N3O2. The molecule has 0 amide bonds. The Bertz CT molecular complexity index is 877. The number of oxazole rings is 1. The first-order valence-corrected chi connectivity index (χ1v) is 8.12. The Morgan fingerprint density at radius 2 is 2.00 bits per heavy atom. The van der Waals surface area contributed by atoms with E-state index in [1.165, 1.54) is 6.20 Å². The molecule has 0 aromatic carbocycles. The SMILES string of the molecule is O=C(CCCCC#Cc1cccnc1)c1ncc(-c2ccccn2)o1. The predicted molar refractivity (Wildman–Crippen MR) is 93.6 cm³/mol. The summed E-state index contributed by atoms with van der Waals surface area (Å²) in [5.74, 6) is 6.69. The van der Waals surface area contributed by atoms with Crippen LogP contribution < -0.4 is 0 Å². The summed E-state index contributed by atoms with van der Waals surface area (Å²) in [6.45, 7) is 0. The van der Waals surface area contributed by atoms with Crippen molar-refractivity contribution < 1.29 is 9.21 Å². The van der Waals surface area contributed by atoms with E-state index in [0.717, 1.165) is 24.8 Å². The van der Waals surface area contributed by atoms with Crippen molar-refractivity contribution in [1.82, 2.24) is 15.0 Å². The fraction of sp³-hybridized carbons (Fsp3) is 0.200. The van der Waals surface area contributed by atoms with Crippen LogP contribution in [0.25, 0.3) is 11.5 Å². The van der Waals surface area contributed by atoms with Crippen molar-refractivity contribution in [3.8, 4) is 23.3 Å². The number of pyridine rings is 2. The third-order valence-corrected chi connectivity index (χ3v) is 3.51. The average Bonchev–Trinajstić information content (AvgIpc) is 3.16. The lowest BCUT2D eigenvalue weighted by Crippen LogP contribution is -1.98. The number of carbonyl (C=O) groups excluding carboxylic acids is 1. The fourth-order valence-electron chi connectivity index (χ4n) is 2.24. The standard InChI is InChI=1S/C20H17N3O2/c24-18(11-4-2-1-3-8-16-9-7-12-21-14-16)20-23-15-19(25-20)17-10-5-6-13-22-17/h5-7,9-10,12-15H,1-2,4,11H2. The first-order chi connectivity index (χ1) is 12.3. The summed E-state index contributed by atoms with van der Waals surface area (Å²) in [5.41, 5.74) is 1.57. The van der Waals surface area contributed by atoms with Crippen LogP contribution in [0.1, 0.15) is 41.9 Å². The Labute approximate surface area is 146 Å². The quantitative estimate of drug-likeness (QED) is 0.389. The maximum absolute atomic E-state index is 12.1. The third-order valence-electron chi connectivity index (χ3n) is 3.51. The van der Waals surface area contributed by atoms with Gasteiger partial charge in [0, 0.05) is 37.0 Å². The van der Waals surface area contributed by atoms with Gasteiger partial charge in [-0.2, -0.15) is 0 Å². The van der Waals surface area contributed by atoms with Gasteiger partial charge >= 0.3 is 0 Å². The first kappa shape index (κ1) is 16.6. The molecule has 124 valence electrons. The molecule has 0 aliphatic carbocycles. The van der Waals surface area contributed by atoms with Crippen LogP contribution in [0.3, 0.4) is 0 Å². The van der Waals surface area contributed by atoms with Crippen LogP contribution in [0.5, 0.6) is 0 Å². The molecule has 0 bridgehead atoms. The molecule has 0 atom stereocenters. The van der Waals surface area contributed by atoms with Crippen molar-refractivity contribution in [2.45, 2.75) is 25.7 Å². The van der Waals surface area contributed by atoms with Crippen LogP contribution in [-0.4, -0.2) is 20.7 Å². The predicted octanol–water partition coefficient (Wildman–Crippen LogP) is 3.93. The van der Waals surface area contributed by atoms with Crippen LogP contribution >= 0.6 is 0 Å². The van der Waals surface area contributed by atoms with Gasteiger partial charge in [-0.3, -0.25) is 14.8 Å². The molecule has 0 fully saturated rings. The molecule has 0 unspecified atom stereocenters. The Hall–Kier alpha value is -3.26. The van der Waals surface area contributed by atoms with E-state index in [1.54, 1.807) is 18.6 Å². The molecule has 0 radical (unpaired) electrons. The monoisotopic (exact) mass is 331 g/mol. The lowest BCUT2D eigenvalue weighted by atomic mass is 10.1. The smallest absolute Gasteiger partial charge is 0.263 e. The van der Waals surface area contributed by atoms with E-state index < -0.39 is 0 Å². The van der Waals surface area contributed by atoms with Crippen molar-refractivity contribution in [3.05, 3.63) is 66.6 Å². The highest BCUT2D eigenvalue weighted by Gasteiger charge is 2.14. The number of hydrogen-bond acceptors (Lipinski definition) is 5. The van der Waals surface area contributed by atoms with Gasteiger partial charge in [0.15, 0.2) is 5.76 Å². The third kappa shape index (κ3) is 4.85. The maximum atomic E-state index is 12.1. The molecular weight excluding hydrogens is 314 g/mol. The maximum Gasteiger partial charge on any atom is 0.263 e. The van der Waals surface area contributed by atoms with Crippen LogP contribution in [0, 0.1) is 11.8 Å². The lowest BCUT2D eigenvalue weighted by Gasteiger charge is -1.96. The number of hydrogen-bond donors (Lipinski definition) is 0. The second kappa shape index (κ2) is 8.55. The molecule has 25 heavy (non-hydrogen) atoms. The van der Waals surface area contributed by atoms with Crippen molar-refractivity contribution in [2.24, 2.45) is 0 Å². The summed E-state index contributed by atoms with van der Waals surface area (Å²) in [6.07, 6.45) is 9.41. The molecule has 3 aromatic rings. The minimum atomic E-state index is -0.0950. The molecule has 3 rings (SSSR count). The van der Waals surface area contributed by atoms with E-state index in [0.29, 0.717) is 17.9 Å². The molecule has 3 aromatic heterocycles. The van der Waals surface area contributed by atoms with Gasteiger partial charge < -0.3 is 4.42 Å². The summed E-state index contributed by atoms with van der Waals surface area (Å²) in [4.78, 5) is 24.4. The van der Waals surface area contributed by atoms with E-state index in [-0.39, 0.29) is 11.7 Å². The number of carbonyl (C=O) groups is 1. The van der Waals surface area contributed by atoms with E-state index >= 15 is 0 Å². The van der Waals surface area contributed by atoms with E-state index in [2.05, 4.69) is 26.8 Å². The Morgan fingerprint density at radius 1 is 1.04 bits per heavy atom. The molecule has 0 saturated heterocycles. The summed E-state index contributed by atoms with van der Waals surface area (Å²) in [5, 5.41) is 0. The second-order valence-electron chi connectivity index (χ2n) is 5.42. The van der Waals surface area contributed by atoms with Crippen LogP contribution in [0.2, 0.25) is 0 Å². The van der Waals surface area contributed by atoms with Gasteiger partial charge in [0.2, 0.25) is 5.78 Å². The normalized spacial score (nSPS) is 10.1. The van der Waals surface area contributed by atoms with Gasteiger partial charge in [0.25, 0.3) is 5.89 Å². The van der Waals surface area contributed by atoms with Crippen molar-refractivity contribution in [2.75, 3.05) is 0 Å². The van der Waals surface area contributed by atoms with Gasteiger partial charge in [-0.25, -0.2) is 4.98 Å². The Morgan fingerprint density at radius 3 is 2.80 bits per heavy atom. The minimum absolute atomic E-state index is 0.0950. The number of aromatic nitrogens is 3. The van der Waals surface area contributed by atoms with Gasteiger partial charge in [0.05, 0.1) is 6.20 Å². The molecule has 3 heterocycles. The number of nitrogens with zero attached hydrogens (tertiary/aromatic N) is 3. The molecule has 0 saturated carbocycles. The summed E-state index contributed by atoms with van der Waals surface area (Å²) < 4.78 is 5.51. The molecule has 0 aliphatic heterocycles. The Balaban J connectivity index is 1.44. The van der Waals surface area contributed by atoms with Gasteiger partial charge in [0.1, 0.15) is 5.69 Å². The zero-order valence-electron chi connectivity index (χ0n) is 13.7. The van der Waals surface area contributed by atoms with E-state index in [9.17, 15) is 4.79 Å². The zero-order chi connectivity index (χ0) is 17.3. The lowest BCUT2D eigenvalue weighted by molar-refractivity contribution is 0.0946. The van der Waals surface area contributed by atoms with E-state index in [4.69, 9.17) is 4.42 Å². The van der Waals surface area contributed by atoms with Crippen LogP contribution in [0.15, 0.2) is 59.5 Å². The number of rotatable bonds is 6. The van der Waals surface area contributed by atoms with Crippen LogP contribution in [-0.2, 0) is 0 Å². The highest BCUT2D eigenvalue weighted by molar-refractivity contribution is 5.91. The van der Waals surface area contributed by atoms with Crippen molar-refractivity contribution in [3.63, 3.8) is 0 Å². The fourth-order valence-corrected chi connectivity index (χ4v) is 2.24. The first-order valence-electron chi connectivity index (χ1n) is 8.12. The van der Waals surface area contributed by atoms with Gasteiger partial charge in [-0.1, -0.05) is 17.9 Å². The van der Waals surface area contributed by atoms with Gasteiger partial charge in [-0.15, -0.1) is 0 Å². The molecule has 0 N–H and O–H groups in total. The second-order valence-corrected chi connectivity index (χ2v) is 5.42.